The van der Waals surface area contributed by atoms with Crippen LogP contribution in [0.1, 0.15) is 40.0 Å². The van der Waals surface area contributed by atoms with Gasteiger partial charge in [-0.05, 0) is 22.1 Å². The Morgan fingerprint density at radius 1 is 1.24 bits per heavy atom. The molecule has 1 heterocycles. The Bertz CT molecular complexity index is 422. The van der Waals surface area contributed by atoms with E-state index in [9.17, 15) is 9.59 Å². The smallest absolute Gasteiger partial charge is 0.168 e. The van der Waals surface area contributed by atoms with Crippen LogP contribution < -0.4 is 0 Å². The summed E-state index contributed by atoms with van der Waals surface area (Å²) in [6.07, 6.45) is 1.93. The van der Waals surface area contributed by atoms with Gasteiger partial charge < -0.3 is 0 Å². The second-order valence-electron chi connectivity index (χ2n) is 5.18. The topological polar surface area (TPSA) is 34.1 Å². The van der Waals surface area contributed by atoms with Gasteiger partial charge in [-0.15, -0.1) is 0 Å². The van der Waals surface area contributed by atoms with E-state index in [0.29, 0.717) is 18.4 Å². The molecule has 0 spiro atoms. The first kappa shape index (κ1) is 13.0. The molecule has 1 saturated carbocycles. The maximum atomic E-state index is 12.1. The summed E-state index contributed by atoms with van der Waals surface area (Å²) in [5, 5.41) is 2.05. The second kappa shape index (κ2) is 4.65. The van der Waals surface area contributed by atoms with Gasteiger partial charge >= 0.3 is 0 Å². The minimum absolute atomic E-state index is 0.0204. The molecule has 0 aromatic carbocycles. The van der Waals surface area contributed by atoms with Crippen molar-refractivity contribution in [2.75, 3.05) is 0 Å². The number of hydrogen-bond acceptors (Lipinski definition) is 4. The molecule has 0 atom stereocenters. The van der Waals surface area contributed by atoms with Crippen LogP contribution in [-0.2, 0) is 9.59 Å². The van der Waals surface area contributed by atoms with Crippen LogP contribution in [0.25, 0.3) is 0 Å². The summed E-state index contributed by atoms with van der Waals surface area (Å²) in [5.74, 6) is 0.0407. The van der Waals surface area contributed by atoms with Gasteiger partial charge in [0.1, 0.15) is 0 Å². The van der Waals surface area contributed by atoms with Gasteiger partial charge in [0, 0.05) is 12.8 Å². The van der Waals surface area contributed by atoms with Crippen LogP contribution in [0, 0.1) is 5.41 Å². The number of hydrogen-bond donors (Lipinski definition) is 0. The third kappa shape index (κ3) is 2.68. The minimum Gasteiger partial charge on any atom is -0.294 e. The number of rotatable bonds is 1. The number of allylic oxidation sites excluding steroid dienone is 2. The fourth-order valence-electron chi connectivity index (χ4n) is 2.04. The first-order chi connectivity index (χ1) is 7.93. The Balaban J connectivity index is 2.26. The lowest BCUT2D eigenvalue weighted by Crippen LogP contribution is -2.31. The fourth-order valence-corrected chi connectivity index (χ4v) is 4.50. The number of thioether (sulfide) groups is 2. The Morgan fingerprint density at radius 2 is 1.82 bits per heavy atom. The molecule has 92 valence electrons. The van der Waals surface area contributed by atoms with Crippen molar-refractivity contribution in [1.29, 1.82) is 0 Å². The number of carbonyl (C=O) groups is 2. The zero-order chi connectivity index (χ0) is 12.6. The lowest BCUT2D eigenvalue weighted by Gasteiger charge is -2.29. The van der Waals surface area contributed by atoms with E-state index in [2.05, 4.69) is 6.92 Å². The van der Waals surface area contributed by atoms with E-state index >= 15 is 0 Å². The zero-order valence-electron chi connectivity index (χ0n) is 10.3. The molecule has 4 heteroatoms. The van der Waals surface area contributed by atoms with Crippen molar-refractivity contribution >= 4 is 35.1 Å². The van der Waals surface area contributed by atoms with Crippen LogP contribution in [0.3, 0.4) is 0 Å². The van der Waals surface area contributed by atoms with Gasteiger partial charge in [-0.2, -0.15) is 0 Å². The predicted octanol–water partition coefficient (Wildman–Crippen LogP) is 3.89. The molecule has 1 aliphatic carbocycles. The Labute approximate surface area is 110 Å². The van der Waals surface area contributed by atoms with Gasteiger partial charge in [0.2, 0.25) is 0 Å². The molecule has 0 unspecified atom stereocenters. The summed E-state index contributed by atoms with van der Waals surface area (Å²) in [6, 6.07) is 0. The third-order valence-corrected chi connectivity index (χ3v) is 5.48. The Hall–Kier alpha value is -0.480. The van der Waals surface area contributed by atoms with Crippen LogP contribution >= 0.6 is 23.5 Å². The third-order valence-electron chi connectivity index (χ3n) is 2.91. The molecule has 0 radical (unpaired) electrons. The number of carbonyl (C=O) groups excluding carboxylic acids is 2. The predicted molar refractivity (Wildman–Crippen MR) is 73.6 cm³/mol. The summed E-state index contributed by atoms with van der Waals surface area (Å²) in [5.41, 5.74) is 0.284. The summed E-state index contributed by atoms with van der Waals surface area (Å²) < 4.78 is 0.896. The van der Waals surface area contributed by atoms with E-state index < -0.39 is 0 Å². The average molecular weight is 268 g/mol. The van der Waals surface area contributed by atoms with E-state index in [1.165, 1.54) is 16.7 Å². The lowest BCUT2D eigenvalue weighted by atomic mass is 9.74. The minimum atomic E-state index is -0.173. The summed E-state index contributed by atoms with van der Waals surface area (Å²) in [7, 11) is 0. The van der Waals surface area contributed by atoms with Crippen molar-refractivity contribution in [3.8, 4) is 0 Å². The number of Topliss-reactive ketones (excluding diaryl/α,β-unsaturated/α-hetero) is 2. The Morgan fingerprint density at radius 3 is 2.29 bits per heavy atom. The van der Waals surface area contributed by atoms with E-state index in [-0.39, 0.29) is 17.0 Å². The van der Waals surface area contributed by atoms with Crippen molar-refractivity contribution < 1.29 is 9.59 Å². The fraction of sp³-hybridized carbons (Fsp3) is 0.538. The molecule has 2 nitrogen and oxygen atoms in total. The van der Waals surface area contributed by atoms with Crippen molar-refractivity contribution in [2.24, 2.45) is 5.41 Å². The highest BCUT2D eigenvalue weighted by atomic mass is 32.2. The lowest BCUT2D eigenvalue weighted by molar-refractivity contribution is -0.127. The maximum Gasteiger partial charge on any atom is 0.168 e. The molecule has 2 aliphatic rings. The zero-order valence-corrected chi connectivity index (χ0v) is 12.0. The van der Waals surface area contributed by atoms with Gasteiger partial charge in [0.25, 0.3) is 0 Å². The summed E-state index contributed by atoms with van der Waals surface area (Å²) in [4.78, 5) is 25.4. The summed E-state index contributed by atoms with van der Waals surface area (Å²) in [6.45, 7) is 6.05. The molecular formula is C13H16O2S2. The molecule has 17 heavy (non-hydrogen) atoms. The largest absolute Gasteiger partial charge is 0.294 e. The molecule has 0 bridgehead atoms. The second-order valence-corrected chi connectivity index (χ2v) is 7.46. The first-order valence-electron chi connectivity index (χ1n) is 5.77. The van der Waals surface area contributed by atoms with E-state index in [1.807, 2.05) is 19.3 Å². The van der Waals surface area contributed by atoms with Crippen LogP contribution in [0.15, 0.2) is 20.1 Å². The van der Waals surface area contributed by atoms with Gasteiger partial charge in [0.15, 0.2) is 11.6 Å². The number of ketones is 2. The van der Waals surface area contributed by atoms with Crippen LogP contribution in [0.5, 0.6) is 0 Å². The van der Waals surface area contributed by atoms with Crippen molar-refractivity contribution in [2.45, 2.75) is 40.0 Å². The highest BCUT2D eigenvalue weighted by molar-refractivity contribution is 8.28. The van der Waals surface area contributed by atoms with Gasteiger partial charge in [-0.25, -0.2) is 0 Å². The van der Waals surface area contributed by atoms with E-state index in [0.717, 1.165) is 10.7 Å². The summed E-state index contributed by atoms with van der Waals surface area (Å²) >= 11 is 3.11. The molecule has 0 N–H and O–H groups in total. The van der Waals surface area contributed by atoms with Crippen LogP contribution in [0.4, 0.5) is 0 Å². The molecule has 0 aromatic heterocycles. The SMILES string of the molecule is CCC1=CSC(=C2C(=O)CC(C)(C)CC2=O)S1. The molecule has 1 fully saturated rings. The molecule has 0 amide bonds. The van der Waals surface area contributed by atoms with Gasteiger partial charge in [0.05, 0.1) is 9.81 Å². The van der Waals surface area contributed by atoms with E-state index in [1.54, 1.807) is 11.8 Å². The van der Waals surface area contributed by atoms with Gasteiger partial charge in [-0.3, -0.25) is 9.59 Å². The Kier molecular flexibility index (Phi) is 3.55. The van der Waals surface area contributed by atoms with Crippen LogP contribution in [0.2, 0.25) is 0 Å². The standard InChI is InChI=1S/C13H16O2S2/c1-4-8-7-16-12(17-8)11-9(14)5-13(2,3)6-10(11)15/h7H,4-6H2,1-3H3. The van der Waals surface area contributed by atoms with Crippen LogP contribution in [-0.4, -0.2) is 11.6 Å². The van der Waals surface area contributed by atoms with Crippen molar-refractivity contribution in [3.05, 3.63) is 20.1 Å². The van der Waals surface area contributed by atoms with Gasteiger partial charge in [-0.1, -0.05) is 44.3 Å². The molecule has 0 saturated heterocycles. The maximum absolute atomic E-state index is 12.1. The molecule has 1 aliphatic heterocycles. The van der Waals surface area contributed by atoms with E-state index in [4.69, 9.17) is 0 Å². The quantitative estimate of drug-likeness (QED) is 0.534. The average Bonchev–Trinajstić information content (AvgIpc) is 2.62. The van der Waals surface area contributed by atoms with Crippen molar-refractivity contribution in [1.82, 2.24) is 0 Å². The monoisotopic (exact) mass is 268 g/mol. The normalized spacial score (nSPS) is 24.3. The highest BCUT2D eigenvalue weighted by Crippen LogP contribution is 2.48. The molecule has 0 aromatic rings. The molecular weight excluding hydrogens is 252 g/mol. The highest BCUT2D eigenvalue weighted by Gasteiger charge is 2.38. The molecule has 2 rings (SSSR count). The first-order valence-corrected chi connectivity index (χ1v) is 7.47. The van der Waals surface area contributed by atoms with Crippen molar-refractivity contribution in [3.63, 3.8) is 0 Å².